The molecular formula is C28H55N3O3. The van der Waals surface area contributed by atoms with Crippen molar-refractivity contribution in [3.63, 3.8) is 0 Å². The summed E-state index contributed by atoms with van der Waals surface area (Å²) < 4.78 is 0. The van der Waals surface area contributed by atoms with Crippen molar-refractivity contribution in [1.82, 2.24) is 16.0 Å². The molecule has 2 unspecified atom stereocenters. The molecule has 6 nitrogen and oxygen atoms in total. The second-order valence-electron chi connectivity index (χ2n) is 11.9. The van der Waals surface area contributed by atoms with E-state index in [2.05, 4.69) is 22.9 Å². The lowest BCUT2D eigenvalue weighted by Crippen LogP contribution is -2.48. The zero-order valence-electron chi connectivity index (χ0n) is 22.1. The van der Waals surface area contributed by atoms with Crippen molar-refractivity contribution in [3.8, 4) is 0 Å². The Morgan fingerprint density at radius 3 is 1.50 bits per heavy atom. The van der Waals surface area contributed by atoms with Gasteiger partial charge in [-0.3, -0.25) is 0 Å². The van der Waals surface area contributed by atoms with Gasteiger partial charge in [-0.1, -0.05) is 51.9 Å². The van der Waals surface area contributed by atoms with Gasteiger partial charge in [-0.2, -0.15) is 0 Å². The average Bonchev–Trinajstić information content (AvgIpc) is 3.63. The fourth-order valence-electron chi connectivity index (χ4n) is 6.84. The van der Waals surface area contributed by atoms with Gasteiger partial charge in [-0.05, 0) is 90.3 Å². The summed E-state index contributed by atoms with van der Waals surface area (Å²) in [5, 5.41) is 40.4. The molecular weight excluding hydrogens is 426 g/mol. The van der Waals surface area contributed by atoms with Crippen molar-refractivity contribution in [2.45, 2.75) is 151 Å². The van der Waals surface area contributed by atoms with E-state index in [1.807, 2.05) is 0 Å². The second kappa shape index (κ2) is 13.9. The van der Waals surface area contributed by atoms with Gasteiger partial charge in [0, 0.05) is 18.6 Å². The quantitative estimate of drug-likeness (QED) is 0.323. The number of hydrogen-bond donors (Lipinski definition) is 6. The van der Waals surface area contributed by atoms with Crippen molar-refractivity contribution in [2.75, 3.05) is 26.2 Å². The third-order valence-electron chi connectivity index (χ3n) is 9.02. The van der Waals surface area contributed by atoms with Crippen LogP contribution >= 0.6 is 0 Å². The van der Waals surface area contributed by atoms with Crippen LogP contribution in [0.25, 0.3) is 0 Å². The fraction of sp³-hybridized carbons (Fsp3) is 1.00. The Labute approximate surface area is 209 Å². The van der Waals surface area contributed by atoms with Crippen molar-refractivity contribution in [3.05, 3.63) is 0 Å². The van der Waals surface area contributed by atoms with E-state index < -0.39 is 0 Å². The maximum atomic E-state index is 10.3. The van der Waals surface area contributed by atoms with E-state index in [0.717, 1.165) is 71.1 Å². The van der Waals surface area contributed by atoms with E-state index in [-0.39, 0.29) is 16.8 Å². The highest BCUT2D eigenvalue weighted by Crippen LogP contribution is 2.35. The Balaban J connectivity index is 0.000000143. The highest BCUT2D eigenvalue weighted by Gasteiger charge is 2.40. The highest BCUT2D eigenvalue weighted by atomic mass is 16.3. The Morgan fingerprint density at radius 2 is 1.09 bits per heavy atom. The lowest BCUT2D eigenvalue weighted by Gasteiger charge is -2.37. The third kappa shape index (κ3) is 8.41. The molecule has 0 bridgehead atoms. The van der Waals surface area contributed by atoms with E-state index >= 15 is 0 Å². The Morgan fingerprint density at radius 1 is 0.647 bits per heavy atom. The van der Waals surface area contributed by atoms with E-state index in [4.69, 9.17) is 0 Å². The van der Waals surface area contributed by atoms with Gasteiger partial charge >= 0.3 is 0 Å². The van der Waals surface area contributed by atoms with Crippen molar-refractivity contribution in [1.29, 1.82) is 0 Å². The predicted molar refractivity (Wildman–Crippen MR) is 140 cm³/mol. The molecule has 0 aromatic rings. The summed E-state index contributed by atoms with van der Waals surface area (Å²) in [6.45, 7) is 6.18. The first kappa shape index (κ1) is 28.3. The fourth-order valence-corrected chi connectivity index (χ4v) is 6.84. The SMILES string of the molecule is CCCNCC1(O)CCCC1.OC1(C2CCCN2)CCCC1.OC1(C2CCCN2)CCCCC1. The Hall–Kier alpha value is -0.240. The van der Waals surface area contributed by atoms with Gasteiger partial charge in [-0.25, -0.2) is 0 Å². The molecule has 6 N–H and O–H groups in total. The molecule has 0 aromatic carbocycles. The molecule has 0 aromatic heterocycles. The predicted octanol–water partition coefficient (Wildman–Crippen LogP) is 3.77. The first-order valence-corrected chi connectivity index (χ1v) is 14.7. The van der Waals surface area contributed by atoms with Crippen LogP contribution in [0.1, 0.15) is 122 Å². The van der Waals surface area contributed by atoms with Crippen molar-refractivity contribution >= 4 is 0 Å². The molecule has 2 saturated heterocycles. The van der Waals surface area contributed by atoms with E-state index in [1.165, 1.54) is 70.6 Å². The van der Waals surface area contributed by atoms with Crippen LogP contribution in [0, 0.1) is 0 Å². The summed E-state index contributed by atoms with van der Waals surface area (Å²) >= 11 is 0. The number of nitrogens with one attached hydrogen (secondary N) is 3. The summed E-state index contributed by atoms with van der Waals surface area (Å²) in [6.07, 6.45) is 20.6. The standard InChI is InChI=1S/C10H19NO.C9H17NO.C9H19NO/c12-10(6-2-1-3-7-10)9-5-4-8-11-9;11-9(5-1-2-6-9)8-4-3-7-10-8;1-2-7-10-8-9(11)5-3-4-6-9/h9,11-12H,1-8H2;8,10-11H,1-7H2;10-11H,2-8H2,1H3. The van der Waals surface area contributed by atoms with Gasteiger partial charge in [0.1, 0.15) is 0 Å². The molecule has 2 atom stereocenters. The number of rotatable bonds is 6. The zero-order chi connectivity index (χ0) is 24.3. The third-order valence-corrected chi connectivity index (χ3v) is 9.02. The van der Waals surface area contributed by atoms with Gasteiger partial charge < -0.3 is 31.3 Å². The molecule has 5 aliphatic rings. The van der Waals surface area contributed by atoms with Crippen LogP contribution in [0.2, 0.25) is 0 Å². The zero-order valence-corrected chi connectivity index (χ0v) is 22.1. The van der Waals surface area contributed by atoms with E-state index in [0.29, 0.717) is 12.1 Å². The van der Waals surface area contributed by atoms with Gasteiger partial charge in [-0.15, -0.1) is 0 Å². The molecule has 2 heterocycles. The molecule has 6 heteroatoms. The highest BCUT2D eigenvalue weighted by molar-refractivity contribution is 4.97. The van der Waals surface area contributed by atoms with E-state index in [1.54, 1.807) is 0 Å². The minimum atomic E-state index is -0.366. The molecule has 2 aliphatic heterocycles. The monoisotopic (exact) mass is 481 g/mol. The summed E-state index contributed by atoms with van der Waals surface area (Å²) in [5.74, 6) is 0. The molecule has 3 aliphatic carbocycles. The normalized spacial score (nSPS) is 31.4. The minimum Gasteiger partial charge on any atom is -0.389 e. The molecule has 0 amide bonds. The maximum absolute atomic E-state index is 10.3. The van der Waals surface area contributed by atoms with Gasteiger partial charge in [0.05, 0.1) is 16.8 Å². The van der Waals surface area contributed by atoms with E-state index in [9.17, 15) is 15.3 Å². The van der Waals surface area contributed by atoms with Crippen LogP contribution in [0.5, 0.6) is 0 Å². The number of aliphatic hydroxyl groups is 3. The van der Waals surface area contributed by atoms with Crippen LogP contribution in [0.15, 0.2) is 0 Å². The lowest BCUT2D eigenvalue weighted by atomic mass is 9.79. The molecule has 5 fully saturated rings. The second-order valence-corrected chi connectivity index (χ2v) is 11.9. The Kier molecular flexibility index (Phi) is 11.6. The van der Waals surface area contributed by atoms with Crippen LogP contribution in [-0.4, -0.2) is 70.4 Å². The van der Waals surface area contributed by atoms with Crippen LogP contribution < -0.4 is 16.0 Å². The largest absolute Gasteiger partial charge is 0.389 e. The van der Waals surface area contributed by atoms with Gasteiger partial charge in [0.2, 0.25) is 0 Å². The van der Waals surface area contributed by atoms with Crippen LogP contribution in [0.3, 0.4) is 0 Å². The first-order valence-electron chi connectivity index (χ1n) is 14.7. The van der Waals surface area contributed by atoms with Crippen LogP contribution in [0.4, 0.5) is 0 Å². The molecule has 0 spiro atoms. The number of hydrogen-bond acceptors (Lipinski definition) is 6. The van der Waals surface area contributed by atoms with Gasteiger partial charge in [0.25, 0.3) is 0 Å². The smallest absolute Gasteiger partial charge is 0.0800 e. The lowest BCUT2D eigenvalue weighted by molar-refractivity contribution is -0.0250. The summed E-state index contributed by atoms with van der Waals surface area (Å²) in [6, 6.07) is 0.808. The molecule has 200 valence electrons. The molecule has 5 rings (SSSR count). The summed E-state index contributed by atoms with van der Waals surface area (Å²) in [4.78, 5) is 0. The maximum Gasteiger partial charge on any atom is 0.0800 e. The first-order chi connectivity index (χ1) is 16.4. The van der Waals surface area contributed by atoms with Crippen molar-refractivity contribution in [2.24, 2.45) is 0 Å². The topological polar surface area (TPSA) is 96.8 Å². The minimum absolute atomic E-state index is 0.337. The van der Waals surface area contributed by atoms with Crippen LogP contribution in [-0.2, 0) is 0 Å². The average molecular weight is 482 g/mol. The molecule has 3 saturated carbocycles. The van der Waals surface area contributed by atoms with Gasteiger partial charge in [0.15, 0.2) is 0 Å². The van der Waals surface area contributed by atoms with Crippen molar-refractivity contribution < 1.29 is 15.3 Å². The molecule has 0 radical (unpaired) electrons. The summed E-state index contributed by atoms with van der Waals surface area (Å²) in [5.41, 5.74) is -1.06. The summed E-state index contributed by atoms with van der Waals surface area (Å²) in [7, 11) is 0. The molecule has 34 heavy (non-hydrogen) atoms. The Bertz CT molecular complexity index is 543.